The monoisotopic (exact) mass is 462 g/mol. The fourth-order valence-electron chi connectivity index (χ4n) is 2.85. The second-order valence-electron chi connectivity index (χ2n) is 6.73. The third-order valence-corrected chi connectivity index (χ3v) is 7.14. The highest BCUT2D eigenvalue weighted by molar-refractivity contribution is 7.92. The molecule has 0 unspecified atom stereocenters. The third-order valence-electron chi connectivity index (χ3n) is 4.68. The minimum absolute atomic E-state index is 0.148. The minimum atomic E-state index is -3.71. The SMILES string of the molecule is Cc1c(Cl)cccc1NC(=O)Cc1ccc(N(C)S(=O)(=O)c2ccc(Cl)cc2)cc1. The Kier molecular flexibility index (Phi) is 6.71. The van der Waals surface area contributed by atoms with Crippen molar-refractivity contribution in [1.29, 1.82) is 0 Å². The Morgan fingerprint density at radius 3 is 2.23 bits per heavy atom. The van der Waals surface area contributed by atoms with Crippen LogP contribution in [-0.4, -0.2) is 21.4 Å². The Hall–Kier alpha value is -2.54. The van der Waals surface area contributed by atoms with Crippen molar-refractivity contribution < 1.29 is 13.2 Å². The molecule has 0 fully saturated rings. The first-order chi connectivity index (χ1) is 14.2. The second-order valence-corrected chi connectivity index (χ2v) is 9.54. The minimum Gasteiger partial charge on any atom is -0.326 e. The number of hydrogen-bond acceptors (Lipinski definition) is 3. The number of nitrogens with one attached hydrogen (secondary N) is 1. The zero-order valence-electron chi connectivity index (χ0n) is 16.4. The van der Waals surface area contributed by atoms with Gasteiger partial charge in [0.2, 0.25) is 5.91 Å². The average Bonchev–Trinajstić information content (AvgIpc) is 2.72. The summed E-state index contributed by atoms with van der Waals surface area (Å²) < 4.78 is 26.7. The van der Waals surface area contributed by atoms with Crippen molar-refractivity contribution in [2.75, 3.05) is 16.7 Å². The summed E-state index contributed by atoms with van der Waals surface area (Å²) in [6, 6.07) is 18.1. The third kappa shape index (κ3) is 4.95. The van der Waals surface area contributed by atoms with Crippen LogP contribution in [0.4, 0.5) is 11.4 Å². The lowest BCUT2D eigenvalue weighted by Gasteiger charge is -2.20. The standard InChI is InChI=1S/C22H20Cl2N2O3S/c1-15-20(24)4-3-5-21(15)25-22(27)14-16-6-10-18(11-7-16)26(2)30(28,29)19-12-8-17(23)9-13-19/h3-13H,14H2,1-2H3,(H,25,27). The average molecular weight is 463 g/mol. The van der Waals surface area contributed by atoms with E-state index in [9.17, 15) is 13.2 Å². The fourth-order valence-corrected chi connectivity index (χ4v) is 4.35. The lowest BCUT2D eigenvalue weighted by molar-refractivity contribution is -0.115. The number of benzene rings is 3. The topological polar surface area (TPSA) is 66.5 Å². The van der Waals surface area contributed by atoms with Crippen molar-refractivity contribution in [3.8, 4) is 0 Å². The van der Waals surface area contributed by atoms with E-state index in [0.717, 1.165) is 11.1 Å². The van der Waals surface area contributed by atoms with Gasteiger partial charge in [0.05, 0.1) is 17.0 Å². The van der Waals surface area contributed by atoms with Crippen molar-refractivity contribution >= 4 is 50.5 Å². The molecule has 0 aliphatic carbocycles. The molecule has 1 amide bonds. The molecule has 3 aromatic carbocycles. The molecule has 156 valence electrons. The number of hydrogen-bond donors (Lipinski definition) is 1. The molecule has 5 nitrogen and oxygen atoms in total. The maximum atomic E-state index is 12.8. The molecule has 0 saturated heterocycles. The molecule has 0 heterocycles. The van der Waals surface area contributed by atoms with Crippen molar-refractivity contribution in [3.05, 3.63) is 87.9 Å². The van der Waals surface area contributed by atoms with E-state index < -0.39 is 10.0 Å². The summed E-state index contributed by atoms with van der Waals surface area (Å²) in [5.41, 5.74) is 2.71. The zero-order chi connectivity index (χ0) is 21.9. The van der Waals surface area contributed by atoms with E-state index >= 15 is 0 Å². The van der Waals surface area contributed by atoms with Crippen LogP contribution in [0.5, 0.6) is 0 Å². The van der Waals surface area contributed by atoms with E-state index in [2.05, 4.69) is 5.32 Å². The zero-order valence-corrected chi connectivity index (χ0v) is 18.7. The van der Waals surface area contributed by atoms with E-state index in [-0.39, 0.29) is 17.2 Å². The summed E-state index contributed by atoms with van der Waals surface area (Å²) in [6.07, 6.45) is 0.153. The quantitative estimate of drug-likeness (QED) is 0.539. The van der Waals surface area contributed by atoms with Crippen LogP contribution in [0.15, 0.2) is 71.6 Å². The Balaban J connectivity index is 1.70. The highest BCUT2D eigenvalue weighted by atomic mass is 35.5. The van der Waals surface area contributed by atoms with Crippen LogP contribution in [0.3, 0.4) is 0 Å². The van der Waals surface area contributed by atoms with Gasteiger partial charge in [0.15, 0.2) is 0 Å². The summed E-state index contributed by atoms with van der Waals surface area (Å²) in [4.78, 5) is 12.5. The van der Waals surface area contributed by atoms with Gasteiger partial charge < -0.3 is 5.32 Å². The maximum absolute atomic E-state index is 12.8. The highest BCUT2D eigenvalue weighted by Crippen LogP contribution is 2.25. The summed E-state index contributed by atoms with van der Waals surface area (Å²) in [5, 5.41) is 3.90. The number of carbonyl (C=O) groups excluding carboxylic acids is 1. The second kappa shape index (κ2) is 9.08. The molecule has 0 spiro atoms. The molecule has 0 aliphatic rings. The molecular formula is C22H20Cl2N2O3S. The van der Waals surface area contributed by atoms with Gasteiger partial charge in [-0.3, -0.25) is 9.10 Å². The highest BCUT2D eigenvalue weighted by Gasteiger charge is 2.21. The van der Waals surface area contributed by atoms with Gasteiger partial charge >= 0.3 is 0 Å². The normalized spacial score (nSPS) is 11.2. The van der Waals surface area contributed by atoms with E-state index in [1.54, 1.807) is 42.5 Å². The van der Waals surface area contributed by atoms with Crippen molar-refractivity contribution in [3.63, 3.8) is 0 Å². The first kappa shape index (κ1) is 22.2. The number of carbonyl (C=O) groups is 1. The van der Waals surface area contributed by atoms with E-state index in [4.69, 9.17) is 23.2 Å². The molecule has 0 aromatic heterocycles. The van der Waals surface area contributed by atoms with Gasteiger partial charge in [-0.25, -0.2) is 8.42 Å². The van der Waals surface area contributed by atoms with Crippen LogP contribution in [0.25, 0.3) is 0 Å². The van der Waals surface area contributed by atoms with Gasteiger partial charge in [0.1, 0.15) is 0 Å². The first-order valence-electron chi connectivity index (χ1n) is 9.07. The molecule has 0 atom stereocenters. The Morgan fingerprint density at radius 2 is 1.60 bits per heavy atom. The summed E-state index contributed by atoms with van der Waals surface area (Å²) in [6.45, 7) is 1.84. The summed E-state index contributed by atoms with van der Waals surface area (Å²) >= 11 is 11.9. The van der Waals surface area contributed by atoms with Gasteiger partial charge in [0.25, 0.3) is 10.0 Å². The van der Waals surface area contributed by atoms with Crippen LogP contribution in [0.1, 0.15) is 11.1 Å². The van der Waals surface area contributed by atoms with Gasteiger partial charge in [-0.05, 0) is 66.6 Å². The van der Waals surface area contributed by atoms with Gasteiger partial charge in [-0.1, -0.05) is 41.4 Å². The van der Waals surface area contributed by atoms with E-state index in [1.807, 2.05) is 6.92 Å². The van der Waals surface area contributed by atoms with Crippen LogP contribution < -0.4 is 9.62 Å². The molecule has 1 N–H and O–H groups in total. The first-order valence-corrected chi connectivity index (χ1v) is 11.3. The molecule has 0 radical (unpaired) electrons. The lowest BCUT2D eigenvalue weighted by Crippen LogP contribution is -2.26. The number of rotatable bonds is 6. The molecular weight excluding hydrogens is 443 g/mol. The van der Waals surface area contributed by atoms with Gasteiger partial charge in [0, 0.05) is 22.8 Å². The van der Waals surface area contributed by atoms with E-state index in [0.29, 0.717) is 21.4 Å². The number of halogens is 2. The van der Waals surface area contributed by atoms with Gasteiger partial charge in [-0.2, -0.15) is 0 Å². The largest absolute Gasteiger partial charge is 0.326 e. The number of amides is 1. The van der Waals surface area contributed by atoms with Crippen LogP contribution in [0, 0.1) is 6.92 Å². The molecule has 0 aliphatic heterocycles. The Labute approximate surface area is 186 Å². The number of sulfonamides is 1. The maximum Gasteiger partial charge on any atom is 0.264 e. The predicted octanol–water partition coefficient (Wildman–Crippen LogP) is 5.31. The Bertz CT molecular complexity index is 1160. The Morgan fingerprint density at radius 1 is 0.967 bits per heavy atom. The summed E-state index contributed by atoms with van der Waals surface area (Å²) in [7, 11) is -2.23. The smallest absolute Gasteiger partial charge is 0.264 e. The lowest BCUT2D eigenvalue weighted by atomic mass is 10.1. The van der Waals surface area contributed by atoms with E-state index in [1.165, 1.54) is 35.6 Å². The van der Waals surface area contributed by atoms with Crippen molar-refractivity contribution in [2.24, 2.45) is 0 Å². The van der Waals surface area contributed by atoms with Crippen molar-refractivity contribution in [1.82, 2.24) is 0 Å². The predicted molar refractivity (Wildman–Crippen MR) is 122 cm³/mol. The molecule has 3 rings (SSSR count). The molecule has 0 bridgehead atoms. The van der Waals surface area contributed by atoms with Gasteiger partial charge in [-0.15, -0.1) is 0 Å². The summed E-state index contributed by atoms with van der Waals surface area (Å²) in [5.74, 6) is -0.185. The molecule has 8 heteroatoms. The van der Waals surface area contributed by atoms with Crippen LogP contribution in [-0.2, 0) is 21.2 Å². The number of nitrogens with zero attached hydrogens (tertiary/aromatic N) is 1. The van der Waals surface area contributed by atoms with Crippen LogP contribution in [0.2, 0.25) is 10.0 Å². The molecule has 0 saturated carbocycles. The molecule has 3 aromatic rings. The molecule has 30 heavy (non-hydrogen) atoms. The van der Waals surface area contributed by atoms with Crippen molar-refractivity contribution in [2.45, 2.75) is 18.2 Å². The van der Waals surface area contributed by atoms with Crippen LogP contribution >= 0.6 is 23.2 Å². The fraction of sp³-hybridized carbons (Fsp3) is 0.136. The number of anilines is 2.